The maximum atomic E-state index is 12.7. The van der Waals surface area contributed by atoms with Gasteiger partial charge in [0.15, 0.2) is 0 Å². The minimum atomic E-state index is -3.01. The van der Waals surface area contributed by atoms with Crippen LogP contribution in [0, 0.1) is 11.7 Å². The van der Waals surface area contributed by atoms with Gasteiger partial charge >= 0.3 is 0 Å². The number of aromatic nitrogens is 2. The van der Waals surface area contributed by atoms with Gasteiger partial charge in [-0.2, -0.15) is 5.10 Å². The third-order valence-electron chi connectivity index (χ3n) is 5.29. The highest BCUT2D eigenvalue weighted by atomic mass is 32.2. The lowest BCUT2D eigenvalue weighted by Gasteiger charge is -2.09. The van der Waals surface area contributed by atoms with Crippen LogP contribution in [0.25, 0.3) is 10.9 Å². The van der Waals surface area contributed by atoms with Crippen molar-refractivity contribution >= 4 is 32.2 Å². The Morgan fingerprint density at radius 2 is 1.78 bits per heavy atom. The second-order valence-corrected chi connectivity index (χ2v) is 10.2. The Labute approximate surface area is 188 Å². The fraction of sp³-hybridized carbons (Fsp3) is 0.200. The van der Waals surface area contributed by atoms with Crippen LogP contribution in [0.5, 0.6) is 0 Å². The summed E-state index contributed by atoms with van der Waals surface area (Å²) in [6.07, 6.45) is 4.18. The van der Waals surface area contributed by atoms with Gasteiger partial charge < -0.3 is 5.32 Å². The molecule has 0 aliphatic rings. The smallest absolute Gasteiger partial charge is 0.224 e. The predicted octanol–water partition coefficient (Wildman–Crippen LogP) is 5.00. The van der Waals surface area contributed by atoms with Crippen molar-refractivity contribution in [1.82, 2.24) is 9.78 Å². The van der Waals surface area contributed by atoms with E-state index in [0.29, 0.717) is 40.9 Å². The van der Waals surface area contributed by atoms with Gasteiger partial charge in [0.05, 0.1) is 26.7 Å². The van der Waals surface area contributed by atoms with Crippen LogP contribution in [-0.4, -0.2) is 26.2 Å². The second kappa shape index (κ2) is 8.96. The van der Waals surface area contributed by atoms with E-state index in [1.54, 1.807) is 16.8 Å². The number of nitrogens with zero attached hydrogens (tertiary/aromatic N) is 2. The Balaban J connectivity index is 1.59. The van der Waals surface area contributed by atoms with Crippen LogP contribution < -0.4 is 5.32 Å². The Hall–Kier alpha value is -3.45. The first-order valence-corrected chi connectivity index (χ1v) is 12.4. The number of hydrogen-bond donors (Lipinski definition) is 2. The first-order chi connectivity index (χ1) is 15.3. The maximum Gasteiger partial charge on any atom is 0.224 e. The van der Waals surface area contributed by atoms with Crippen molar-refractivity contribution in [1.29, 1.82) is 4.78 Å². The van der Waals surface area contributed by atoms with Gasteiger partial charge in [-0.1, -0.05) is 60.2 Å². The van der Waals surface area contributed by atoms with Crippen molar-refractivity contribution in [3.05, 3.63) is 89.6 Å². The maximum absolute atomic E-state index is 12.7. The van der Waals surface area contributed by atoms with Crippen LogP contribution in [0.2, 0.25) is 0 Å². The highest BCUT2D eigenvalue weighted by molar-refractivity contribution is 7.92. The van der Waals surface area contributed by atoms with Crippen LogP contribution in [0.4, 0.5) is 5.69 Å². The van der Waals surface area contributed by atoms with Crippen molar-refractivity contribution in [2.24, 2.45) is 0 Å². The molecule has 1 heterocycles. The Kier molecular flexibility index (Phi) is 6.10. The van der Waals surface area contributed by atoms with E-state index in [1.165, 1.54) is 11.8 Å². The fourth-order valence-electron chi connectivity index (χ4n) is 3.62. The molecule has 2 N–H and O–H groups in total. The molecular formula is C25H26N4O2S. The minimum absolute atomic E-state index is 0.133. The van der Waals surface area contributed by atoms with Gasteiger partial charge in [0.1, 0.15) is 0 Å². The van der Waals surface area contributed by atoms with E-state index < -0.39 is 9.73 Å². The van der Waals surface area contributed by atoms with Gasteiger partial charge in [0, 0.05) is 29.9 Å². The molecule has 4 aromatic rings. The van der Waals surface area contributed by atoms with E-state index in [0.717, 1.165) is 11.1 Å². The largest absolute Gasteiger partial charge is 0.326 e. The number of anilines is 1. The summed E-state index contributed by atoms with van der Waals surface area (Å²) >= 11 is 0. The number of carbonyl (C=O) groups excluding carboxylic acids is 1. The first-order valence-electron chi connectivity index (χ1n) is 10.4. The highest BCUT2D eigenvalue weighted by Crippen LogP contribution is 2.28. The average molecular weight is 447 g/mol. The van der Waals surface area contributed by atoms with Crippen LogP contribution in [0.15, 0.2) is 77.8 Å². The summed E-state index contributed by atoms with van der Waals surface area (Å²) < 4.78 is 22.6. The molecule has 0 saturated carbocycles. The number of nitrogens with one attached hydrogen (secondary N) is 2. The molecular weight excluding hydrogens is 420 g/mol. The van der Waals surface area contributed by atoms with Gasteiger partial charge in [-0.25, -0.2) is 8.99 Å². The van der Waals surface area contributed by atoms with E-state index in [-0.39, 0.29) is 5.91 Å². The SMILES string of the molecule is Cc1ccc(Cn2cc3c(S(C)(=N)=O)cc(NC(=O)CCc4ccccc4)cc3n2)cc1. The molecule has 6 nitrogen and oxygen atoms in total. The lowest BCUT2D eigenvalue weighted by molar-refractivity contribution is -0.116. The number of fused-ring (bicyclic) bond motifs is 1. The summed E-state index contributed by atoms with van der Waals surface area (Å²) in [4.78, 5) is 12.9. The molecule has 1 atom stereocenters. The Morgan fingerprint density at radius 3 is 2.47 bits per heavy atom. The number of rotatable bonds is 7. The van der Waals surface area contributed by atoms with Crippen LogP contribution >= 0.6 is 0 Å². The van der Waals surface area contributed by atoms with E-state index >= 15 is 0 Å². The summed E-state index contributed by atoms with van der Waals surface area (Å²) in [6, 6.07) is 21.4. The van der Waals surface area contributed by atoms with E-state index in [4.69, 9.17) is 4.78 Å². The number of hydrogen-bond acceptors (Lipinski definition) is 4. The highest BCUT2D eigenvalue weighted by Gasteiger charge is 2.15. The summed E-state index contributed by atoms with van der Waals surface area (Å²) in [5.74, 6) is -0.133. The molecule has 1 aromatic heterocycles. The van der Waals surface area contributed by atoms with Crippen molar-refractivity contribution in [2.75, 3.05) is 11.6 Å². The predicted molar refractivity (Wildman–Crippen MR) is 128 cm³/mol. The summed E-state index contributed by atoms with van der Waals surface area (Å²) in [6.45, 7) is 2.61. The lowest BCUT2D eigenvalue weighted by atomic mass is 10.1. The van der Waals surface area contributed by atoms with E-state index in [1.807, 2.05) is 43.5 Å². The molecule has 0 spiro atoms. The van der Waals surface area contributed by atoms with Crippen molar-refractivity contribution in [3.63, 3.8) is 0 Å². The van der Waals surface area contributed by atoms with Crippen LogP contribution in [-0.2, 0) is 27.5 Å². The van der Waals surface area contributed by atoms with E-state index in [9.17, 15) is 9.00 Å². The third kappa shape index (κ3) is 5.23. The number of benzene rings is 3. The van der Waals surface area contributed by atoms with Crippen molar-refractivity contribution in [3.8, 4) is 0 Å². The molecule has 4 rings (SSSR count). The zero-order valence-corrected chi connectivity index (χ0v) is 19.0. The molecule has 3 aromatic carbocycles. The van der Waals surface area contributed by atoms with Crippen molar-refractivity contribution in [2.45, 2.75) is 31.2 Å². The molecule has 0 aliphatic carbocycles. The topological polar surface area (TPSA) is 87.8 Å². The molecule has 0 bridgehead atoms. The second-order valence-electron chi connectivity index (χ2n) is 8.10. The molecule has 7 heteroatoms. The van der Waals surface area contributed by atoms with Gasteiger partial charge in [0.2, 0.25) is 5.91 Å². The minimum Gasteiger partial charge on any atom is -0.326 e. The van der Waals surface area contributed by atoms with Gasteiger partial charge in [0.25, 0.3) is 0 Å². The Bertz CT molecular complexity index is 1360. The van der Waals surface area contributed by atoms with E-state index in [2.05, 4.69) is 34.7 Å². The van der Waals surface area contributed by atoms with Crippen LogP contribution in [0.1, 0.15) is 23.1 Å². The Morgan fingerprint density at radius 1 is 1.06 bits per heavy atom. The quantitative estimate of drug-likeness (QED) is 0.419. The van der Waals surface area contributed by atoms with Gasteiger partial charge in [-0.15, -0.1) is 0 Å². The molecule has 1 unspecified atom stereocenters. The number of amides is 1. The molecule has 0 saturated heterocycles. The standard InChI is InChI=1S/C25H26N4O2S/c1-18-8-10-20(11-9-18)16-29-17-22-23(28-29)14-21(15-24(22)32(2,26)31)27-25(30)13-12-19-6-4-3-5-7-19/h3-11,14-15,17,26H,12-13,16H2,1-2H3,(H,27,30). The fourth-order valence-corrected chi connectivity index (χ4v) is 4.55. The number of aryl methyl sites for hydroxylation is 2. The molecule has 0 aliphatic heterocycles. The molecule has 0 radical (unpaired) electrons. The zero-order chi connectivity index (χ0) is 22.7. The summed E-state index contributed by atoms with van der Waals surface area (Å²) in [5, 5.41) is 8.18. The van der Waals surface area contributed by atoms with Crippen LogP contribution in [0.3, 0.4) is 0 Å². The average Bonchev–Trinajstić information content (AvgIpc) is 3.15. The monoisotopic (exact) mass is 446 g/mol. The van der Waals surface area contributed by atoms with Crippen molar-refractivity contribution < 1.29 is 9.00 Å². The first kappa shape index (κ1) is 21.8. The number of carbonyl (C=O) groups is 1. The molecule has 0 fully saturated rings. The summed E-state index contributed by atoms with van der Waals surface area (Å²) in [7, 11) is -3.01. The van der Waals surface area contributed by atoms with Gasteiger partial charge in [-0.05, 0) is 36.6 Å². The zero-order valence-electron chi connectivity index (χ0n) is 18.2. The molecule has 164 valence electrons. The molecule has 32 heavy (non-hydrogen) atoms. The normalized spacial score (nSPS) is 13.1. The van der Waals surface area contributed by atoms with Gasteiger partial charge in [-0.3, -0.25) is 9.48 Å². The third-order valence-corrected chi connectivity index (χ3v) is 6.46. The molecule has 1 amide bonds. The summed E-state index contributed by atoms with van der Waals surface area (Å²) in [5.41, 5.74) is 4.50. The lowest BCUT2D eigenvalue weighted by Crippen LogP contribution is -2.13.